The van der Waals surface area contributed by atoms with Crippen LogP contribution in [0.5, 0.6) is 0 Å². The lowest BCUT2D eigenvalue weighted by molar-refractivity contribution is -0.139. The highest BCUT2D eigenvalue weighted by Gasteiger charge is 2.53. The van der Waals surface area contributed by atoms with E-state index in [1.807, 2.05) is 69.2 Å². The smallest absolute Gasteiger partial charge is 0.332 e. The maximum atomic E-state index is 12.6. The van der Waals surface area contributed by atoms with Gasteiger partial charge in [-0.2, -0.15) is 0 Å². The van der Waals surface area contributed by atoms with Gasteiger partial charge in [0.15, 0.2) is 0 Å². The van der Waals surface area contributed by atoms with Crippen molar-refractivity contribution < 1.29 is 28.0 Å². The zero-order valence-electron chi connectivity index (χ0n) is 19.7. The van der Waals surface area contributed by atoms with Crippen LogP contribution in [0.4, 0.5) is 0 Å². The normalized spacial score (nSPS) is 16.7. The molecule has 10 radical (unpaired) electrons. The van der Waals surface area contributed by atoms with E-state index in [-0.39, 0.29) is 41.8 Å². The van der Waals surface area contributed by atoms with Crippen LogP contribution in [0.3, 0.4) is 0 Å². The van der Waals surface area contributed by atoms with Crippen LogP contribution in [0.1, 0.15) is 69.2 Å². The summed E-state index contributed by atoms with van der Waals surface area (Å²) in [5.74, 6) is -2.42. The van der Waals surface area contributed by atoms with Crippen LogP contribution in [0.15, 0.2) is 11.1 Å². The van der Waals surface area contributed by atoms with Gasteiger partial charge in [-0.3, -0.25) is 0 Å². The van der Waals surface area contributed by atoms with E-state index in [9.17, 15) is 19.8 Å². The second kappa shape index (κ2) is 10.4. The van der Waals surface area contributed by atoms with E-state index in [0.717, 1.165) is 0 Å². The van der Waals surface area contributed by atoms with E-state index < -0.39 is 33.6 Å². The Kier molecular flexibility index (Phi) is 10.2. The molecule has 166 valence electrons. The maximum absolute atomic E-state index is 12.6. The molecule has 0 bridgehead atoms. The lowest BCUT2D eigenvalue weighted by Crippen LogP contribution is -2.47. The maximum Gasteiger partial charge on any atom is 0.332 e. The molecular weight excluding hydrogens is 449 g/mol. The van der Waals surface area contributed by atoms with Gasteiger partial charge in [-0.1, -0.05) is 69.2 Å². The monoisotopic (exact) mass is 482 g/mol. The number of rotatable bonds is 12. The SMILES string of the molecule is CC([Si]O[Si])C(C)(C)C(C)(C)/C(C(=O)O)=C(\C(=O)O)C(C)(C)C(C)(C)C(C)[Si]O[Si]. The first-order valence-corrected chi connectivity index (χ1v) is 12.5. The molecule has 6 nitrogen and oxygen atoms in total. The third-order valence-corrected chi connectivity index (χ3v) is 10.9. The van der Waals surface area contributed by atoms with Crippen molar-refractivity contribution in [3.05, 3.63) is 11.1 Å². The van der Waals surface area contributed by atoms with E-state index in [2.05, 4.69) is 21.0 Å². The molecule has 0 amide bonds. The molecule has 2 atom stereocenters. The summed E-state index contributed by atoms with van der Waals surface area (Å²) in [5.41, 5.74) is -3.25. The van der Waals surface area contributed by atoms with Crippen LogP contribution in [0.2, 0.25) is 11.1 Å². The fraction of sp³-hybridized carbons (Fsp3) is 0.800. The van der Waals surface area contributed by atoms with Gasteiger partial charge in [-0.15, -0.1) is 0 Å². The Labute approximate surface area is 193 Å². The number of hydrogen-bond donors (Lipinski definition) is 2. The highest BCUT2D eigenvalue weighted by molar-refractivity contribution is 6.36. The molecule has 2 N–H and O–H groups in total. The van der Waals surface area contributed by atoms with Crippen LogP contribution in [0.25, 0.3) is 0 Å². The van der Waals surface area contributed by atoms with Gasteiger partial charge in [-0.05, 0) is 21.9 Å². The molecule has 0 aromatic carbocycles. The zero-order chi connectivity index (χ0) is 24.3. The Bertz CT molecular complexity index is 614. The van der Waals surface area contributed by atoms with E-state index in [4.69, 9.17) is 8.23 Å². The van der Waals surface area contributed by atoms with Gasteiger partial charge in [0.05, 0.1) is 11.1 Å². The summed E-state index contributed by atoms with van der Waals surface area (Å²) in [7, 11) is 6.26. The first-order chi connectivity index (χ1) is 13.3. The molecule has 0 aliphatic rings. The van der Waals surface area contributed by atoms with Crippen LogP contribution in [0, 0.1) is 21.7 Å². The van der Waals surface area contributed by atoms with Gasteiger partial charge in [-0.25, -0.2) is 9.59 Å². The minimum absolute atomic E-state index is 0.0209. The van der Waals surface area contributed by atoms with Gasteiger partial charge in [0.1, 0.15) is 0 Å². The second-order valence-corrected chi connectivity index (χ2v) is 13.8. The van der Waals surface area contributed by atoms with Gasteiger partial charge in [0.25, 0.3) is 0 Å². The average molecular weight is 483 g/mol. The lowest BCUT2D eigenvalue weighted by Gasteiger charge is -2.50. The number of carboxylic acids is 2. The average Bonchev–Trinajstić information content (AvgIpc) is 2.58. The third kappa shape index (κ3) is 5.44. The van der Waals surface area contributed by atoms with Crippen LogP contribution < -0.4 is 0 Å². The summed E-state index contributed by atoms with van der Waals surface area (Å²) in [5, 5.41) is 20.6. The molecule has 0 rings (SSSR count). The van der Waals surface area contributed by atoms with Crippen molar-refractivity contribution in [2.45, 2.75) is 80.3 Å². The van der Waals surface area contributed by atoms with Crippen LogP contribution >= 0.6 is 0 Å². The molecule has 0 spiro atoms. The molecule has 0 saturated heterocycles. The van der Waals surface area contributed by atoms with Gasteiger partial charge in [0.2, 0.25) is 40.5 Å². The summed E-state index contributed by atoms with van der Waals surface area (Å²) < 4.78 is 10.3. The fourth-order valence-corrected chi connectivity index (χ4v) is 6.30. The Morgan fingerprint density at radius 3 is 1.10 bits per heavy atom. The largest absolute Gasteiger partial charge is 0.478 e. The molecular formula is C20H34O6Si4. The molecule has 0 aliphatic carbocycles. The minimum atomic E-state index is -1.21. The number of carboxylic acid groups (broad SMARTS) is 2. The Morgan fingerprint density at radius 2 is 0.933 bits per heavy atom. The Morgan fingerprint density at radius 1 is 0.700 bits per heavy atom. The molecule has 0 fully saturated rings. The van der Waals surface area contributed by atoms with Crippen molar-refractivity contribution in [3.63, 3.8) is 0 Å². The van der Waals surface area contributed by atoms with E-state index in [1.54, 1.807) is 0 Å². The molecule has 0 heterocycles. The van der Waals surface area contributed by atoms with Crippen molar-refractivity contribution in [1.82, 2.24) is 0 Å². The summed E-state index contributed by atoms with van der Waals surface area (Å²) >= 11 is 0. The van der Waals surface area contributed by atoms with E-state index in [1.165, 1.54) is 0 Å². The Balaban J connectivity index is 7.11. The van der Waals surface area contributed by atoms with Crippen molar-refractivity contribution in [2.24, 2.45) is 21.7 Å². The second-order valence-electron chi connectivity index (χ2n) is 9.94. The van der Waals surface area contributed by atoms with Crippen molar-refractivity contribution in [1.29, 1.82) is 0 Å². The first kappa shape index (κ1) is 29.5. The summed E-state index contributed by atoms with van der Waals surface area (Å²) in [6.45, 7) is 19.0. The number of carbonyl (C=O) groups is 2. The van der Waals surface area contributed by atoms with Crippen LogP contribution in [-0.4, -0.2) is 62.6 Å². The fourth-order valence-electron chi connectivity index (χ4n) is 3.57. The van der Waals surface area contributed by atoms with Gasteiger partial charge < -0.3 is 18.4 Å². The summed E-state index contributed by atoms with van der Waals surface area (Å²) in [6.07, 6.45) is 0. The standard InChI is InChI=1S/C20H34O6Si4/c1-11(29-25-27)17(3,4)19(7,8)13(15(21)22)14(16(23)24)20(9,10)18(5,6)12(2)30-26-28/h11-12H,1-10H3,(H,21,22)(H,23,24)/b14-13+. The third-order valence-electron chi connectivity index (χ3n) is 7.79. The summed E-state index contributed by atoms with van der Waals surface area (Å²) in [6, 6.07) is 0. The molecule has 2 unspecified atom stereocenters. The lowest BCUT2D eigenvalue weighted by atomic mass is 9.55. The molecule has 30 heavy (non-hydrogen) atoms. The molecule has 0 saturated carbocycles. The minimum Gasteiger partial charge on any atom is -0.478 e. The van der Waals surface area contributed by atoms with Crippen molar-refractivity contribution in [3.8, 4) is 0 Å². The first-order valence-electron chi connectivity index (χ1n) is 9.73. The molecule has 10 heteroatoms. The van der Waals surface area contributed by atoms with Gasteiger partial charge >= 0.3 is 11.9 Å². The highest BCUT2D eigenvalue weighted by atomic mass is 28.3. The zero-order valence-corrected chi connectivity index (χ0v) is 23.7. The predicted molar refractivity (Wildman–Crippen MR) is 121 cm³/mol. The van der Waals surface area contributed by atoms with Crippen LogP contribution in [-0.2, 0) is 17.8 Å². The number of aliphatic carboxylic acids is 2. The summed E-state index contributed by atoms with van der Waals surface area (Å²) in [4.78, 5) is 25.2. The van der Waals surface area contributed by atoms with E-state index in [0.29, 0.717) is 0 Å². The highest BCUT2D eigenvalue weighted by Crippen LogP contribution is 2.57. The number of hydrogen-bond acceptors (Lipinski definition) is 4. The van der Waals surface area contributed by atoms with Gasteiger partial charge in [0, 0.05) is 10.8 Å². The molecule has 0 aromatic rings. The molecule has 0 aliphatic heterocycles. The predicted octanol–water partition coefficient (Wildman–Crippen LogP) is 3.61. The van der Waals surface area contributed by atoms with E-state index >= 15 is 0 Å². The van der Waals surface area contributed by atoms with Crippen molar-refractivity contribution in [2.75, 3.05) is 0 Å². The quantitative estimate of drug-likeness (QED) is 0.326. The van der Waals surface area contributed by atoms with Crippen molar-refractivity contribution >= 4 is 52.4 Å². The topological polar surface area (TPSA) is 93.1 Å². The Hall–Kier alpha value is -0.532. The molecule has 0 aromatic heterocycles.